The zero-order valence-electron chi connectivity index (χ0n) is 8.50. The molecule has 1 atom stereocenters. The first kappa shape index (κ1) is 13.1. The van der Waals surface area contributed by atoms with Crippen molar-refractivity contribution in [2.45, 2.75) is 33.1 Å². The van der Waals surface area contributed by atoms with E-state index in [1.165, 1.54) is 11.4 Å². The maximum atomic E-state index is 11.8. The van der Waals surface area contributed by atoms with Crippen LogP contribution in [0.1, 0.15) is 33.1 Å². The minimum absolute atomic E-state index is 0.0821. The van der Waals surface area contributed by atoms with Crippen molar-refractivity contribution in [3.05, 3.63) is 0 Å². The third-order valence-corrected chi connectivity index (χ3v) is 6.59. The van der Waals surface area contributed by atoms with Gasteiger partial charge in [0, 0.05) is 12.6 Å². The smallest absolute Gasteiger partial charge is 0.225 e. The first-order valence-electron chi connectivity index (χ1n) is 4.54. The van der Waals surface area contributed by atoms with E-state index in [0.29, 0.717) is 12.6 Å². The molecule has 0 aromatic heterocycles. The molecular weight excluding hydrogens is 205 g/mol. The van der Waals surface area contributed by atoms with Crippen LogP contribution in [0.4, 0.5) is 0 Å². The topological polar surface area (TPSA) is 46.2 Å². The van der Waals surface area contributed by atoms with Gasteiger partial charge in [-0.3, -0.25) is 14.4 Å². The van der Waals surface area contributed by atoms with Crippen LogP contribution in [0, 0.1) is 0 Å². The highest BCUT2D eigenvalue weighted by Gasteiger charge is 2.19. The molecule has 0 aliphatic rings. The number of amides is 1. The molecule has 0 saturated carbocycles. The fraction of sp³-hybridized carbons (Fsp3) is 0.875. The fourth-order valence-electron chi connectivity index (χ4n) is 0.837. The second kappa shape index (κ2) is 6.50. The molecule has 0 bridgehead atoms. The highest BCUT2D eigenvalue weighted by molar-refractivity contribution is 8.57. The van der Waals surface area contributed by atoms with Crippen LogP contribution in [0.2, 0.25) is 0 Å². The van der Waals surface area contributed by atoms with Crippen LogP contribution in [0.5, 0.6) is 0 Å². The summed E-state index contributed by atoms with van der Waals surface area (Å²) in [5.74, 6) is -0.0821. The lowest BCUT2D eigenvalue weighted by Crippen LogP contribution is -2.19. The summed E-state index contributed by atoms with van der Waals surface area (Å²) in [5.41, 5.74) is 0. The van der Waals surface area contributed by atoms with E-state index >= 15 is 0 Å². The average Bonchev–Trinajstić information content (AvgIpc) is 2.14. The average molecular weight is 223 g/mol. The van der Waals surface area contributed by atoms with Crippen molar-refractivity contribution >= 4 is 23.8 Å². The van der Waals surface area contributed by atoms with Crippen LogP contribution in [0.25, 0.3) is 0 Å². The molecule has 0 saturated heterocycles. The van der Waals surface area contributed by atoms with Crippen LogP contribution in [0.3, 0.4) is 0 Å². The number of hydrogen-bond donors (Lipinski definition) is 1. The summed E-state index contributed by atoms with van der Waals surface area (Å²) in [7, 11) is 0. The Morgan fingerprint density at radius 2 is 2.08 bits per heavy atom. The quantitative estimate of drug-likeness (QED) is 0.704. The molecule has 0 aliphatic carbocycles. The maximum Gasteiger partial charge on any atom is 0.225 e. The SMILES string of the molecule is CCCCC(=O)NP(=O)(CC)SC. The number of carbonyl (C=O) groups excluding carboxylic acids is 1. The van der Waals surface area contributed by atoms with Gasteiger partial charge in [0.25, 0.3) is 0 Å². The predicted octanol–water partition coefficient (Wildman–Crippen LogP) is 2.87. The fourth-order valence-corrected chi connectivity index (χ4v) is 3.19. The third kappa shape index (κ3) is 5.37. The molecule has 0 aromatic rings. The van der Waals surface area contributed by atoms with Crippen LogP contribution in [-0.4, -0.2) is 18.3 Å². The lowest BCUT2D eigenvalue weighted by atomic mass is 10.2. The summed E-state index contributed by atoms with van der Waals surface area (Å²) in [5, 5.41) is 2.61. The number of carbonyl (C=O) groups is 1. The van der Waals surface area contributed by atoms with E-state index in [4.69, 9.17) is 0 Å². The summed E-state index contributed by atoms with van der Waals surface area (Å²) in [6.07, 6.45) is 4.63. The highest BCUT2D eigenvalue weighted by Crippen LogP contribution is 2.52. The molecule has 0 fully saturated rings. The zero-order chi connectivity index (χ0) is 10.3. The van der Waals surface area contributed by atoms with E-state index in [1.807, 2.05) is 13.8 Å². The number of unbranched alkanes of at least 4 members (excludes halogenated alkanes) is 1. The van der Waals surface area contributed by atoms with Gasteiger partial charge in [0.2, 0.25) is 12.4 Å². The molecule has 1 N–H and O–H groups in total. The lowest BCUT2D eigenvalue weighted by molar-refractivity contribution is -0.119. The molecule has 0 aromatic carbocycles. The predicted molar refractivity (Wildman–Crippen MR) is 59.3 cm³/mol. The molecule has 1 amide bonds. The molecule has 13 heavy (non-hydrogen) atoms. The number of rotatable bonds is 6. The summed E-state index contributed by atoms with van der Waals surface area (Å²) >= 11 is 1.26. The molecule has 0 spiro atoms. The van der Waals surface area contributed by atoms with Crippen LogP contribution >= 0.6 is 17.9 Å². The monoisotopic (exact) mass is 223 g/mol. The van der Waals surface area contributed by atoms with Crippen molar-refractivity contribution in [1.82, 2.24) is 5.09 Å². The molecule has 0 heterocycles. The molecule has 0 aliphatic heterocycles. The van der Waals surface area contributed by atoms with Gasteiger partial charge in [-0.25, -0.2) is 0 Å². The van der Waals surface area contributed by atoms with Gasteiger partial charge in [0.1, 0.15) is 0 Å². The second-order valence-electron chi connectivity index (χ2n) is 2.81. The minimum atomic E-state index is -2.46. The number of hydrogen-bond acceptors (Lipinski definition) is 3. The van der Waals surface area contributed by atoms with Gasteiger partial charge < -0.3 is 0 Å². The Bertz CT molecular complexity index is 200. The van der Waals surface area contributed by atoms with Crippen molar-refractivity contribution in [2.24, 2.45) is 0 Å². The molecule has 1 unspecified atom stereocenters. The normalized spacial score (nSPS) is 15.0. The van der Waals surface area contributed by atoms with E-state index in [2.05, 4.69) is 5.09 Å². The Kier molecular flexibility index (Phi) is 6.52. The molecule has 78 valence electrons. The van der Waals surface area contributed by atoms with Crippen LogP contribution in [-0.2, 0) is 9.36 Å². The Morgan fingerprint density at radius 1 is 1.46 bits per heavy atom. The van der Waals surface area contributed by atoms with Gasteiger partial charge in [-0.15, -0.1) is 0 Å². The van der Waals surface area contributed by atoms with E-state index in [-0.39, 0.29) is 5.91 Å². The van der Waals surface area contributed by atoms with Crippen molar-refractivity contribution in [3.8, 4) is 0 Å². The molecular formula is C8H18NO2PS. The maximum absolute atomic E-state index is 11.8. The van der Waals surface area contributed by atoms with E-state index in [9.17, 15) is 9.36 Å². The summed E-state index contributed by atoms with van der Waals surface area (Å²) in [4.78, 5) is 11.2. The van der Waals surface area contributed by atoms with Crippen molar-refractivity contribution in [3.63, 3.8) is 0 Å². The highest BCUT2D eigenvalue weighted by atomic mass is 32.7. The summed E-state index contributed by atoms with van der Waals surface area (Å²) in [6, 6.07) is 0. The van der Waals surface area contributed by atoms with Gasteiger partial charge in [-0.05, 0) is 12.7 Å². The van der Waals surface area contributed by atoms with E-state index in [1.54, 1.807) is 6.26 Å². The largest absolute Gasteiger partial charge is 0.299 e. The van der Waals surface area contributed by atoms with Crippen molar-refractivity contribution in [1.29, 1.82) is 0 Å². The Hall–Kier alpha value is 0.0500. The van der Waals surface area contributed by atoms with Gasteiger partial charge >= 0.3 is 0 Å². The third-order valence-electron chi connectivity index (χ3n) is 1.76. The molecule has 5 heteroatoms. The van der Waals surface area contributed by atoms with E-state index < -0.39 is 6.49 Å². The Morgan fingerprint density at radius 3 is 2.46 bits per heavy atom. The van der Waals surface area contributed by atoms with Crippen LogP contribution in [0.15, 0.2) is 0 Å². The number of nitrogens with one attached hydrogen (secondary N) is 1. The van der Waals surface area contributed by atoms with Crippen LogP contribution < -0.4 is 5.09 Å². The molecule has 3 nitrogen and oxygen atoms in total. The van der Waals surface area contributed by atoms with Gasteiger partial charge in [-0.2, -0.15) is 0 Å². The van der Waals surface area contributed by atoms with Gasteiger partial charge in [0.15, 0.2) is 0 Å². The first-order valence-corrected chi connectivity index (χ1v) is 8.26. The zero-order valence-corrected chi connectivity index (χ0v) is 10.2. The molecule has 0 radical (unpaired) electrons. The van der Waals surface area contributed by atoms with Crippen molar-refractivity contribution in [2.75, 3.05) is 12.4 Å². The summed E-state index contributed by atoms with van der Waals surface area (Å²) in [6.45, 7) is 1.40. The molecule has 0 rings (SSSR count). The lowest BCUT2D eigenvalue weighted by Gasteiger charge is -2.14. The van der Waals surface area contributed by atoms with Gasteiger partial charge in [0.05, 0.1) is 0 Å². The minimum Gasteiger partial charge on any atom is -0.299 e. The van der Waals surface area contributed by atoms with E-state index in [0.717, 1.165) is 12.8 Å². The summed E-state index contributed by atoms with van der Waals surface area (Å²) < 4.78 is 11.8. The Labute approximate surface area is 84.2 Å². The second-order valence-corrected chi connectivity index (χ2v) is 8.24. The Balaban J connectivity index is 3.95. The standard InChI is InChI=1S/C8H18NO2PS/c1-4-6-7-8(10)9-12(11,5-2)13-3/h4-7H2,1-3H3,(H,9,10,11). The van der Waals surface area contributed by atoms with Crippen molar-refractivity contribution < 1.29 is 9.36 Å². The van der Waals surface area contributed by atoms with Gasteiger partial charge in [-0.1, -0.05) is 31.7 Å². The first-order chi connectivity index (χ1) is 6.08.